The van der Waals surface area contributed by atoms with Gasteiger partial charge in [-0.15, -0.1) is 0 Å². The average Bonchev–Trinajstić information content (AvgIpc) is 2.40. The third-order valence-corrected chi connectivity index (χ3v) is 4.43. The van der Waals surface area contributed by atoms with E-state index in [1.807, 2.05) is 0 Å². The Balaban J connectivity index is 2.26. The number of hydrogen-bond donors (Lipinski definition) is 1. The largest absolute Gasteiger partial charge is 0.314 e. The molecule has 0 aliphatic carbocycles. The smallest absolute Gasteiger partial charge is 0.287 e. The fraction of sp³-hybridized carbons (Fsp3) is 0.444. The molecule has 0 radical (unpaired) electrons. The molecule has 0 bridgehead atoms. The number of rotatable bonds is 3. The van der Waals surface area contributed by atoms with Gasteiger partial charge in [-0.1, -0.05) is 0 Å². The van der Waals surface area contributed by atoms with Crippen LogP contribution in [-0.4, -0.2) is 48.8 Å². The van der Waals surface area contributed by atoms with E-state index in [2.05, 4.69) is 10.3 Å². The summed E-state index contributed by atoms with van der Waals surface area (Å²) in [6.07, 6.45) is 0.953. The molecule has 0 amide bonds. The molecule has 98 valence electrons. The number of pyridine rings is 1. The van der Waals surface area contributed by atoms with E-state index in [1.165, 1.54) is 4.31 Å². The Hall–Kier alpha value is -1.58. The fourth-order valence-electron chi connectivity index (χ4n) is 1.65. The van der Waals surface area contributed by atoms with Crippen molar-refractivity contribution in [3.05, 3.63) is 28.4 Å². The third kappa shape index (κ3) is 2.47. The summed E-state index contributed by atoms with van der Waals surface area (Å²) in [5.74, 6) is 0. The van der Waals surface area contributed by atoms with Gasteiger partial charge in [-0.2, -0.15) is 4.31 Å². The summed E-state index contributed by atoms with van der Waals surface area (Å²) < 4.78 is 25.6. The minimum Gasteiger partial charge on any atom is -0.314 e. The molecule has 0 atom stereocenters. The van der Waals surface area contributed by atoms with E-state index < -0.39 is 14.9 Å². The summed E-state index contributed by atoms with van der Waals surface area (Å²) in [5, 5.41) is 13.4. The van der Waals surface area contributed by atoms with E-state index in [0.717, 1.165) is 18.3 Å². The highest BCUT2D eigenvalue weighted by Gasteiger charge is 2.27. The van der Waals surface area contributed by atoms with Gasteiger partial charge in [0.1, 0.15) is 6.20 Å². The lowest BCUT2D eigenvalue weighted by Gasteiger charge is -2.25. The normalized spacial score (nSPS) is 17.6. The number of nitrogens with zero attached hydrogens (tertiary/aromatic N) is 3. The molecule has 1 N–H and O–H groups in total. The van der Waals surface area contributed by atoms with Crippen molar-refractivity contribution in [2.24, 2.45) is 0 Å². The Bertz CT molecular complexity index is 536. The van der Waals surface area contributed by atoms with Crippen molar-refractivity contribution in [1.82, 2.24) is 14.6 Å². The zero-order valence-corrected chi connectivity index (χ0v) is 10.3. The van der Waals surface area contributed by atoms with Gasteiger partial charge in [0.15, 0.2) is 5.03 Å². The van der Waals surface area contributed by atoms with Crippen molar-refractivity contribution in [2.45, 2.75) is 5.03 Å². The Labute approximate surface area is 104 Å². The van der Waals surface area contributed by atoms with Crippen LogP contribution in [0.3, 0.4) is 0 Å². The maximum absolute atomic E-state index is 12.1. The molecule has 1 aliphatic rings. The quantitative estimate of drug-likeness (QED) is 0.592. The molecule has 0 aromatic carbocycles. The first-order valence-corrected chi connectivity index (χ1v) is 6.77. The van der Waals surface area contributed by atoms with Gasteiger partial charge in [0.2, 0.25) is 0 Å². The van der Waals surface area contributed by atoms with E-state index in [0.29, 0.717) is 26.2 Å². The molecule has 1 aromatic rings. The molecule has 1 aliphatic heterocycles. The molecule has 9 heteroatoms. The average molecular weight is 272 g/mol. The van der Waals surface area contributed by atoms with Crippen molar-refractivity contribution in [2.75, 3.05) is 26.2 Å². The van der Waals surface area contributed by atoms with Crippen LogP contribution in [0, 0.1) is 10.1 Å². The Morgan fingerprint density at radius 3 is 2.50 bits per heavy atom. The number of sulfonamides is 1. The first-order chi connectivity index (χ1) is 8.51. The molecule has 18 heavy (non-hydrogen) atoms. The van der Waals surface area contributed by atoms with Crippen LogP contribution in [-0.2, 0) is 10.0 Å². The van der Waals surface area contributed by atoms with E-state index in [4.69, 9.17) is 0 Å². The Morgan fingerprint density at radius 2 is 2.00 bits per heavy atom. The fourth-order valence-corrected chi connectivity index (χ4v) is 3.00. The van der Waals surface area contributed by atoms with Crippen molar-refractivity contribution < 1.29 is 13.3 Å². The van der Waals surface area contributed by atoms with E-state index in [9.17, 15) is 18.5 Å². The van der Waals surface area contributed by atoms with Crippen molar-refractivity contribution in [3.63, 3.8) is 0 Å². The van der Waals surface area contributed by atoms with Crippen LogP contribution in [0.1, 0.15) is 0 Å². The molecule has 2 heterocycles. The molecular weight excluding hydrogens is 260 g/mol. The van der Waals surface area contributed by atoms with E-state index in [-0.39, 0.29) is 10.7 Å². The first kappa shape index (κ1) is 12.9. The monoisotopic (exact) mass is 272 g/mol. The predicted molar refractivity (Wildman–Crippen MR) is 62.5 cm³/mol. The van der Waals surface area contributed by atoms with Gasteiger partial charge in [0.05, 0.1) is 4.92 Å². The van der Waals surface area contributed by atoms with Crippen molar-refractivity contribution in [3.8, 4) is 0 Å². The molecular formula is C9H12N4O4S. The summed E-state index contributed by atoms with van der Waals surface area (Å²) in [5.41, 5.74) is -0.228. The van der Waals surface area contributed by atoms with Gasteiger partial charge in [-0.3, -0.25) is 10.1 Å². The topological polar surface area (TPSA) is 105 Å². The summed E-state index contributed by atoms with van der Waals surface area (Å²) in [4.78, 5) is 13.5. The molecule has 0 saturated carbocycles. The second kappa shape index (κ2) is 4.96. The van der Waals surface area contributed by atoms with Crippen LogP contribution in [0.15, 0.2) is 23.4 Å². The molecule has 1 fully saturated rings. The minimum atomic E-state index is -3.64. The lowest BCUT2D eigenvalue weighted by atomic mass is 10.4. The molecule has 8 nitrogen and oxygen atoms in total. The number of hydrogen-bond acceptors (Lipinski definition) is 6. The molecule has 0 unspecified atom stereocenters. The van der Waals surface area contributed by atoms with Crippen LogP contribution in [0.4, 0.5) is 5.69 Å². The van der Waals surface area contributed by atoms with Gasteiger partial charge in [-0.05, 0) is 6.07 Å². The Kier molecular flexibility index (Phi) is 3.55. The highest BCUT2D eigenvalue weighted by Crippen LogP contribution is 2.16. The van der Waals surface area contributed by atoms with E-state index in [1.54, 1.807) is 0 Å². The molecule has 0 spiro atoms. The highest BCUT2D eigenvalue weighted by molar-refractivity contribution is 7.89. The summed E-state index contributed by atoms with van der Waals surface area (Å²) in [7, 11) is -3.64. The lowest BCUT2D eigenvalue weighted by molar-refractivity contribution is -0.385. The SMILES string of the molecule is O=[N+]([O-])c1ccc(S(=O)(=O)N2CCNCC2)nc1. The maximum atomic E-state index is 12.1. The van der Waals surface area contributed by atoms with Crippen LogP contribution >= 0.6 is 0 Å². The van der Waals surface area contributed by atoms with Gasteiger partial charge in [-0.25, -0.2) is 13.4 Å². The summed E-state index contributed by atoms with van der Waals surface area (Å²) in [6, 6.07) is 2.30. The molecule has 2 rings (SSSR count). The van der Waals surface area contributed by atoms with Crippen LogP contribution in [0.5, 0.6) is 0 Å². The number of piperazine rings is 1. The summed E-state index contributed by atoms with van der Waals surface area (Å²) >= 11 is 0. The number of nitro groups is 1. The van der Waals surface area contributed by atoms with Gasteiger partial charge >= 0.3 is 0 Å². The summed E-state index contributed by atoms with van der Waals surface area (Å²) in [6.45, 7) is 1.93. The highest BCUT2D eigenvalue weighted by atomic mass is 32.2. The predicted octanol–water partition coefficient (Wildman–Crippen LogP) is -0.416. The van der Waals surface area contributed by atoms with Crippen LogP contribution in [0.2, 0.25) is 0 Å². The number of nitrogens with one attached hydrogen (secondary N) is 1. The second-order valence-electron chi connectivity index (χ2n) is 3.77. The standard InChI is InChI=1S/C9H12N4O4S/c14-13(15)8-1-2-9(11-7-8)18(16,17)12-5-3-10-4-6-12/h1-2,7,10H,3-6H2. The number of aromatic nitrogens is 1. The maximum Gasteiger partial charge on any atom is 0.287 e. The van der Waals surface area contributed by atoms with Gasteiger partial charge < -0.3 is 5.32 Å². The Morgan fingerprint density at radius 1 is 1.33 bits per heavy atom. The lowest BCUT2D eigenvalue weighted by Crippen LogP contribution is -2.46. The minimum absolute atomic E-state index is 0.157. The third-order valence-electron chi connectivity index (χ3n) is 2.61. The van der Waals surface area contributed by atoms with Crippen molar-refractivity contribution in [1.29, 1.82) is 0 Å². The molecule has 1 saturated heterocycles. The van der Waals surface area contributed by atoms with Gasteiger partial charge in [0, 0.05) is 32.2 Å². The second-order valence-corrected chi connectivity index (χ2v) is 5.65. The zero-order chi connectivity index (χ0) is 13.2. The van der Waals surface area contributed by atoms with Crippen molar-refractivity contribution >= 4 is 15.7 Å². The molecule has 1 aromatic heterocycles. The zero-order valence-electron chi connectivity index (χ0n) is 9.44. The van der Waals surface area contributed by atoms with Crippen LogP contribution < -0.4 is 5.32 Å². The van der Waals surface area contributed by atoms with E-state index >= 15 is 0 Å². The first-order valence-electron chi connectivity index (χ1n) is 5.33. The van der Waals surface area contributed by atoms with Gasteiger partial charge in [0.25, 0.3) is 15.7 Å². The van der Waals surface area contributed by atoms with Crippen LogP contribution in [0.25, 0.3) is 0 Å².